The predicted octanol–water partition coefficient (Wildman–Crippen LogP) is 5.48. The number of hydrogen-bond acceptors (Lipinski definition) is 3. The lowest BCUT2D eigenvalue weighted by Crippen LogP contribution is -2.18. The Morgan fingerprint density at radius 3 is 2.26 bits per heavy atom. The van der Waals surface area contributed by atoms with E-state index >= 15 is 0 Å². The highest BCUT2D eigenvalue weighted by molar-refractivity contribution is 7.89. The normalized spacial score (nSPS) is 12.0. The van der Waals surface area contributed by atoms with Crippen LogP contribution in [-0.4, -0.2) is 15.5 Å². The van der Waals surface area contributed by atoms with Crippen molar-refractivity contribution in [1.82, 2.24) is 4.72 Å². The van der Waals surface area contributed by atoms with Gasteiger partial charge in [-0.15, -0.1) is 0 Å². The molecule has 4 nitrogen and oxygen atoms in total. The maximum absolute atomic E-state index is 12.9. The smallest absolute Gasteiger partial charge is 0.261 e. The lowest BCUT2D eigenvalue weighted by Gasteiger charge is -2.12. The molecule has 0 radical (unpaired) electrons. The molecule has 1 N–H and O–H groups in total. The molecule has 0 saturated heterocycles. The molecule has 0 heterocycles. The SMILES string of the molecule is COc1ccc(/C(=C/NS(=O)(=O)c2ccc(C)cc2)c2ccc3cccccc2-3)cc1. The van der Waals surface area contributed by atoms with Crippen LogP contribution in [0.5, 0.6) is 5.75 Å². The fourth-order valence-electron chi connectivity index (χ4n) is 3.46. The molecule has 2 aromatic rings. The topological polar surface area (TPSA) is 55.4 Å². The second-order valence-electron chi connectivity index (χ2n) is 7.25. The Balaban J connectivity index is 1.79. The summed E-state index contributed by atoms with van der Waals surface area (Å²) in [6.45, 7) is 1.92. The Bertz CT molecular complexity index is 1290. The first-order valence-corrected chi connectivity index (χ1v) is 11.4. The Morgan fingerprint density at radius 1 is 0.839 bits per heavy atom. The molecule has 0 aromatic heterocycles. The number of methoxy groups -OCH3 is 1. The van der Waals surface area contributed by atoms with Crippen molar-refractivity contribution in [3.63, 3.8) is 0 Å². The van der Waals surface area contributed by atoms with Gasteiger partial charge in [-0.1, -0.05) is 72.3 Å². The molecule has 31 heavy (non-hydrogen) atoms. The van der Waals surface area contributed by atoms with E-state index in [1.54, 1.807) is 37.6 Å². The molecular formula is C26H23NO3S. The van der Waals surface area contributed by atoms with E-state index in [9.17, 15) is 8.42 Å². The monoisotopic (exact) mass is 429 g/mol. The second-order valence-corrected chi connectivity index (χ2v) is 8.96. The molecule has 0 atom stereocenters. The fraction of sp³-hybridized carbons (Fsp3) is 0.0769. The molecule has 2 aliphatic carbocycles. The first-order valence-electron chi connectivity index (χ1n) is 9.90. The third kappa shape index (κ3) is 4.47. The molecule has 0 bridgehead atoms. The van der Waals surface area contributed by atoms with E-state index in [4.69, 9.17) is 4.74 Å². The third-order valence-electron chi connectivity index (χ3n) is 5.17. The summed E-state index contributed by atoms with van der Waals surface area (Å²) >= 11 is 0. The van der Waals surface area contributed by atoms with Gasteiger partial charge in [0.2, 0.25) is 0 Å². The van der Waals surface area contributed by atoms with Crippen LogP contribution in [0.25, 0.3) is 16.7 Å². The number of hydrogen-bond donors (Lipinski definition) is 1. The minimum Gasteiger partial charge on any atom is -0.497 e. The Hall–Kier alpha value is -3.57. The molecule has 0 unspecified atom stereocenters. The summed E-state index contributed by atoms with van der Waals surface area (Å²) in [7, 11) is -2.08. The van der Waals surface area contributed by atoms with E-state index in [0.29, 0.717) is 0 Å². The van der Waals surface area contributed by atoms with Gasteiger partial charge in [0, 0.05) is 11.8 Å². The minimum absolute atomic E-state index is 0.224. The molecule has 5 heteroatoms. The number of aryl methyl sites for hydroxylation is 1. The van der Waals surface area contributed by atoms with Crippen LogP contribution in [0.15, 0.2) is 102 Å². The molecule has 0 fully saturated rings. The Kier molecular flexibility index (Phi) is 5.78. The lowest BCUT2D eigenvalue weighted by atomic mass is 9.97. The van der Waals surface area contributed by atoms with Crippen molar-refractivity contribution in [2.45, 2.75) is 11.8 Å². The van der Waals surface area contributed by atoms with Gasteiger partial charge in [-0.25, -0.2) is 8.42 Å². The maximum atomic E-state index is 12.9. The molecule has 0 saturated carbocycles. The van der Waals surface area contributed by atoms with Crippen molar-refractivity contribution in [1.29, 1.82) is 0 Å². The van der Waals surface area contributed by atoms with Crippen molar-refractivity contribution in [2.75, 3.05) is 7.11 Å². The quantitative estimate of drug-likeness (QED) is 0.442. The van der Waals surface area contributed by atoms with Crippen LogP contribution in [0.1, 0.15) is 16.7 Å². The van der Waals surface area contributed by atoms with Crippen LogP contribution in [0.3, 0.4) is 0 Å². The summed E-state index contributed by atoms with van der Waals surface area (Å²) in [5.41, 5.74) is 5.74. The lowest BCUT2D eigenvalue weighted by molar-refractivity contribution is 0.415. The molecule has 2 aromatic carbocycles. The number of sulfonamides is 1. The predicted molar refractivity (Wildman–Crippen MR) is 125 cm³/mol. The minimum atomic E-state index is -3.70. The van der Waals surface area contributed by atoms with Gasteiger partial charge < -0.3 is 4.74 Å². The largest absolute Gasteiger partial charge is 0.497 e. The van der Waals surface area contributed by atoms with Crippen LogP contribution in [0, 0.1) is 6.92 Å². The van der Waals surface area contributed by atoms with Crippen LogP contribution >= 0.6 is 0 Å². The Labute approximate surface area is 183 Å². The number of rotatable bonds is 6. The van der Waals surface area contributed by atoms with Gasteiger partial charge in [0.15, 0.2) is 0 Å². The van der Waals surface area contributed by atoms with Gasteiger partial charge in [-0.05, 0) is 53.4 Å². The average molecular weight is 430 g/mol. The molecule has 156 valence electrons. The van der Waals surface area contributed by atoms with Gasteiger partial charge in [0.25, 0.3) is 10.0 Å². The first kappa shape index (κ1) is 20.7. The van der Waals surface area contributed by atoms with Crippen LogP contribution in [0.2, 0.25) is 0 Å². The number of nitrogens with one attached hydrogen (secondary N) is 1. The third-order valence-corrected chi connectivity index (χ3v) is 6.49. The summed E-state index contributed by atoms with van der Waals surface area (Å²) in [5, 5.41) is 0. The zero-order valence-corrected chi connectivity index (χ0v) is 18.2. The zero-order valence-electron chi connectivity index (χ0n) is 17.4. The molecule has 2 aliphatic rings. The Morgan fingerprint density at radius 2 is 1.55 bits per heavy atom. The summed E-state index contributed by atoms with van der Waals surface area (Å²) in [4.78, 5) is 0.224. The van der Waals surface area contributed by atoms with Gasteiger partial charge in [0.1, 0.15) is 5.75 Å². The zero-order chi connectivity index (χ0) is 21.8. The van der Waals surface area contributed by atoms with Crippen molar-refractivity contribution in [2.24, 2.45) is 0 Å². The van der Waals surface area contributed by atoms with E-state index in [0.717, 1.165) is 39.1 Å². The van der Waals surface area contributed by atoms with E-state index in [-0.39, 0.29) is 4.90 Å². The van der Waals surface area contributed by atoms with Gasteiger partial charge in [0.05, 0.1) is 12.0 Å². The molecule has 0 spiro atoms. The number of benzene rings is 2. The van der Waals surface area contributed by atoms with E-state index in [1.165, 1.54) is 0 Å². The number of fused-ring (bicyclic) bond motifs is 1. The van der Waals surface area contributed by atoms with Crippen molar-refractivity contribution < 1.29 is 13.2 Å². The van der Waals surface area contributed by atoms with Crippen LogP contribution in [-0.2, 0) is 10.0 Å². The van der Waals surface area contributed by atoms with Crippen LogP contribution < -0.4 is 9.46 Å². The standard InChI is InChI=1S/C26H23NO3S/c1-19-8-15-23(16-9-19)31(28,29)27-18-26(21-10-13-22(30-2)14-11-21)25-17-12-20-6-4-3-5-7-24(20)25/h3-18,27H,1-2H3/b26-18-. The van der Waals surface area contributed by atoms with Crippen molar-refractivity contribution in [3.8, 4) is 16.9 Å². The summed E-state index contributed by atoms with van der Waals surface area (Å²) in [6.07, 6.45) is 1.57. The van der Waals surface area contributed by atoms with Crippen LogP contribution in [0.4, 0.5) is 0 Å². The van der Waals surface area contributed by atoms with E-state index in [2.05, 4.69) is 4.72 Å². The average Bonchev–Trinajstić information content (AvgIpc) is 3.02. The highest BCUT2D eigenvalue weighted by Crippen LogP contribution is 2.35. The highest BCUT2D eigenvalue weighted by Gasteiger charge is 2.17. The van der Waals surface area contributed by atoms with Crippen molar-refractivity contribution in [3.05, 3.63) is 114 Å². The first-order chi connectivity index (χ1) is 15.0. The summed E-state index contributed by atoms with van der Waals surface area (Å²) in [5.74, 6) is 0.738. The van der Waals surface area contributed by atoms with E-state index in [1.807, 2.05) is 73.7 Å². The molecular weight excluding hydrogens is 406 g/mol. The number of ether oxygens (including phenoxy) is 1. The molecule has 4 rings (SSSR count). The highest BCUT2D eigenvalue weighted by atomic mass is 32.2. The van der Waals surface area contributed by atoms with E-state index < -0.39 is 10.0 Å². The van der Waals surface area contributed by atoms with Crippen molar-refractivity contribution >= 4 is 15.6 Å². The van der Waals surface area contributed by atoms with Gasteiger partial charge in [-0.2, -0.15) is 0 Å². The molecule has 0 amide bonds. The van der Waals surface area contributed by atoms with Gasteiger partial charge in [-0.3, -0.25) is 4.72 Å². The van der Waals surface area contributed by atoms with Gasteiger partial charge >= 0.3 is 0 Å². The fourth-order valence-corrected chi connectivity index (χ4v) is 4.36. The maximum Gasteiger partial charge on any atom is 0.261 e. The molecule has 0 aliphatic heterocycles. The summed E-state index contributed by atoms with van der Waals surface area (Å²) < 4.78 is 33.7. The second kappa shape index (κ2) is 8.66. The summed E-state index contributed by atoms with van der Waals surface area (Å²) in [6, 6.07) is 28.4.